The number of aryl methyl sites for hydroxylation is 1. The topological polar surface area (TPSA) is 104 Å². The van der Waals surface area contributed by atoms with Crippen molar-refractivity contribution in [1.29, 1.82) is 0 Å². The zero-order chi connectivity index (χ0) is 23.3. The molecule has 0 aliphatic rings. The first kappa shape index (κ1) is 23.0. The Kier molecular flexibility index (Phi) is 7.27. The molecule has 2 amide bonds. The summed E-state index contributed by atoms with van der Waals surface area (Å²) in [5, 5.41) is 3.28. The van der Waals surface area contributed by atoms with Gasteiger partial charge in [-0.25, -0.2) is 4.79 Å². The van der Waals surface area contributed by atoms with Gasteiger partial charge in [0.15, 0.2) is 0 Å². The molecule has 166 valence electrons. The Bertz CT molecular complexity index is 1220. The van der Waals surface area contributed by atoms with Crippen LogP contribution in [0, 0.1) is 6.92 Å². The van der Waals surface area contributed by atoms with Crippen molar-refractivity contribution in [2.75, 3.05) is 11.9 Å². The highest BCUT2D eigenvalue weighted by Crippen LogP contribution is 2.18. The number of anilines is 1. The van der Waals surface area contributed by atoms with Crippen molar-refractivity contribution in [1.82, 2.24) is 14.9 Å². The molecule has 3 aromatic rings. The first-order valence-electron chi connectivity index (χ1n) is 9.91. The van der Waals surface area contributed by atoms with Gasteiger partial charge in [-0.15, -0.1) is 0 Å². The molecule has 1 atom stereocenters. The van der Waals surface area contributed by atoms with Crippen LogP contribution in [0.4, 0.5) is 5.69 Å². The van der Waals surface area contributed by atoms with Gasteiger partial charge in [0.05, 0.1) is 0 Å². The van der Waals surface area contributed by atoms with Crippen LogP contribution in [0.3, 0.4) is 0 Å². The average Bonchev–Trinajstić information content (AvgIpc) is 2.77. The summed E-state index contributed by atoms with van der Waals surface area (Å²) in [7, 11) is 1.62. The summed E-state index contributed by atoms with van der Waals surface area (Å²) < 4.78 is 1.10. The summed E-state index contributed by atoms with van der Waals surface area (Å²) in [4.78, 5) is 53.1. The molecular weight excluding hydrogens is 432 g/mol. The number of halogens is 1. The standard InChI is InChI=1S/C23H23ClN4O4/c1-15-13-28(23(32)26-21(15)30)14-20(29)25-19(12-16-6-4-3-5-7-16)22(31)27(2)18-10-8-17(24)9-11-18/h3-11,13,19H,12,14H2,1-2H3,(H,25,29)(H,26,30,32)/t19-/m0/s1. The Balaban J connectivity index is 1.82. The van der Waals surface area contributed by atoms with Crippen LogP contribution in [0.1, 0.15) is 11.1 Å². The zero-order valence-electron chi connectivity index (χ0n) is 17.7. The number of hydrogen-bond donors (Lipinski definition) is 2. The molecule has 0 unspecified atom stereocenters. The number of nitrogens with zero attached hydrogens (tertiary/aromatic N) is 2. The van der Waals surface area contributed by atoms with Crippen LogP contribution in [0.2, 0.25) is 5.02 Å². The molecule has 32 heavy (non-hydrogen) atoms. The van der Waals surface area contributed by atoms with Crippen LogP contribution in [-0.2, 0) is 22.6 Å². The Labute approximate surface area is 189 Å². The minimum atomic E-state index is -0.870. The van der Waals surface area contributed by atoms with Gasteiger partial charge in [0.25, 0.3) is 5.56 Å². The summed E-state index contributed by atoms with van der Waals surface area (Å²) in [6.07, 6.45) is 1.58. The van der Waals surface area contributed by atoms with E-state index >= 15 is 0 Å². The fourth-order valence-corrected chi connectivity index (χ4v) is 3.33. The maximum atomic E-state index is 13.2. The molecule has 9 heteroatoms. The van der Waals surface area contributed by atoms with E-state index in [0.29, 0.717) is 16.3 Å². The number of amides is 2. The normalized spacial score (nSPS) is 11.6. The molecule has 3 rings (SSSR count). The summed E-state index contributed by atoms with van der Waals surface area (Å²) in [6, 6.07) is 15.2. The van der Waals surface area contributed by atoms with Gasteiger partial charge in [0.2, 0.25) is 11.8 Å². The number of benzene rings is 2. The molecule has 2 N–H and O–H groups in total. The van der Waals surface area contributed by atoms with E-state index in [1.54, 1.807) is 31.3 Å². The Morgan fingerprint density at radius 2 is 1.75 bits per heavy atom. The van der Waals surface area contributed by atoms with Crippen LogP contribution in [0.15, 0.2) is 70.4 Å². The van der Waals surface area contributed by atoms with Crippen molar-refractivity contribution in [3.8, 4) is 0 Å². The van der Waals surface area contributed by atoms with Gasteiger partial charge >= 0.3 is 5.69 Å². The molecule has 8 nitrogen and oxygen atoms in total. The minimum Gasteiger partial charge on any atom is -0.342 e. The van der Waals surface area contributed by atoms with Gasteiger partial charge < -0.3 is 10.2 Å². The third-order valence-corrected chi connectivity index (χ3v) is 5.22. The highest BCUT2D eigenvalue weighted by Gasteiger charge is 2.25. The predicted octanol–water partition coefficient (Wildman–Crippen LogP) is 1.89. The second kappa shape index (κ2) is 10.1. The number of H-pyrrole nitrogens is 1. The van der Waals surface area contributed by atoms with Crippen molar-refractivity contribution < 1.29 is 9.59 Å². The van der Waals surface area contributed by atoms with Gasteiger partial charge in [0.1, 0.15) is 12.6 Å². The smallest absolute Gasteiger partial charge is 0.328 e. The van der Waals surface area contributed by atoms with E-state index in [9.17, 15) is 19.2 Å². The first-order valence-corrected chi connectivity index (χ1v) is 10.3. The van der Waals surface area contributed by atoms with Crippen LogP contribution in [0.25, 0.3) is 0 Å². The van der Waals surface area contributed by atoms with E-state index in [4.69, 9.17) is 11.6 Å². The van der Waals surface area contributed by atoms with E-state index in [0.717, 1.165) is 10.1 Å². The fourth-order valence-electron chi connectivity index (χ4n) is 3.21. The molecule has 0 bridgehead atoms. The van der Waals surface area contributed by atoms with E-state index in [2.05, 4.69) is 10.3 Å². The fraction of sp³-hybridized carbons (Fsp3) is 0.217. The highest BCUT2D eigenvalue weighted by atomic mass is 35.5. The van der Waals surface area contributed by atoms with Gasteiger partial charge in [-0.3, -0.25) is 23.9 Å². The second-order valence-corrected chi connectivity index (χ2v) is 7.82. The predicted molar refractivity (Wildman–Crippen MR) is 123 cm³/mol. The molecule has 0 saturated heterocycles. The molecule has 0 fully saturated rings. The van der Waals surface area contributed by atoms with Gasteiger partial charge in [-0.2, -0.15) is 0 Å². The SMILES string of the molecule is Cc1cn(CC(=O)N[C@@H](Cc2ccccc2)C(=O)N(C)c2ccc(Cl)cc2)c(=O)[nH]c1=O. The lowest BCUT2D eigenvalue weighted by Crippen LogP contribution is -2.50. The summed E-state index contributed by atoms with van der Waals surface area (Å²) >= 11 is 5.93. The third-order valence-electron chi connectivity index (χ3n) is 4.96. The van der Waals surface area contributed by atoms with Crippen LogP contribution < -0.4 is 21.5 Å². The van der Waals surface area contributed by atoms with Crippen LogP contribution in [-0.4, -0.2) is 34.5 Å². The number of aromatic amines is 1. The summed E-state index contributed by atoms with van der Waals surface area (Å²) in [6.45, 7) is 1.20. The first-order chi connectivity index (χ1) is 15.2. The largest absolute Gasteiger partial charge is 0.342 e. The Morgan fingerprint density at radius 3 is 2.41 bits per heavy atom. The zero-order valence-corrected chi connectivity index (χ0v) is 18.4. The number of likely N-dealkylation sites (N-methyl/N-ethyl adjacent to an activating group) is 1. The van der Waals surface area contributed by atoms with E-state index in [1.165, 1.54) is 18.0 Å². The van der Waals surface area contributed by atoms with E-state index in [1.807, 2.05) is 30.3 Å². The van der Waals surface area contributed by atoms with Gasteiger partial charge in [0, 0.05) is 35.9 Å². The number of nitrogens with one attached hydrogen (secondary N) is 2. The maximum absolute atomic E-state index is 13.2. The monoisotopic (exact) mass is 454 g/mol. The number of hydrogen-bond acceptors (Lipinski definition) is 4. The lowest BCUT2D eigenvalue weighted by atomic mass is 10.0. The van der Waals surface area contributed by atoms with Crippen molar-refractivity contribution in [3.63, 3.8) is 0 Å². The van der Waals surface area contributed by atoms with Gasteiger partial charge in [-0.1, -0.05) is 41.9 Å². The van der Waals surface area contributed by atoms with Crippen LogP contribution >= 0.6 is 11.6 Å². The second-order valence-electron chi connectivity index (χ2n) is 7.38. The Hall–Kier alpha value is -3.65. The molecule has 0 aliphatic carbocycles. The van der Waals surface area contributed by atoms with E-state index < -0.39 is 23.2 Å². The van der Waals surface area contributed by atoms with Crippen molar-refractivity contribution in [3.05, 3.63) is 97.8 Å². The molecule has 0 aliphatic heterocycles. The molecule has 2 aromatic carbocycles. The lowest BCUT2D eigenvalue weighted by molar-refractivity contribution is -0.127. The van der Waals surface area contributed by atoms with Crippen molar-refractivity contribution in [2.45, 2.75) is 25.9 Å². The molecule has 1 heterocycles. The van der Waals surface area contributed by atoms with Crippen LogP contribution in [0.5, 0.6) is 0 Å². The van der Waals surface area contributed by atoms with Crippen molar-refractivity contribution in [2.24, 2.45) is 0 Å². The number of carbonyl (C=O) groups is 2. The van der Waals surface area contributed by atoms with Crippen molar-refractivity contribution >= 4 is 29.1 Å². The summed E-state index contributed by atoms with van der Waals surface area (Å²) in [5.41, 5.74) is 0.594. The third kappa shape index (κ3) is 5.73. The van der Waals surface area contributed by atoms with Gasteiger partial charge in [-0.05, 0) is 36.8 Å². The quantitative estimate of drug-likeness (QED) is 0.568. The molecule has 0 spiro atoms. The highest BCUT2D eigenvalue weighted by molar-refractivity contribution is 6.30. The number of carbonyl (C=O) groups excluding carboxylic acids is 2. The molecule has 0 saturated carbocycles. The minimum absolute atomic E-state index is 0.267. The summed E-state index contributed by atoms with van der Waals surface area (Å²) in [5.74, 6) is -0.855. The Morgan fingerprint density at radius 1 is 1.09 bits per heavy atom. The molecule has 0 radical (unpaired) electrons. The molecular formula is C23H23ClN4O4. The molecule has 1 aromatic heterocycles. The maximum Gasteiger partial charge on any atom is 0.328 e. The number of aromatic nitrogens is 2. The number of rotatable bonds is 7. The lowest BCUT2D eigenvalue weighted by Gasteiger charge is -2.25. The van der Waals surface area contributed by atoms with E-state index in [-0.39, 0.29) is 18.9 Å². The average molecular weight is 455 g/mol.